The van der Waals surface area contributed by atoms with E-state index in [0.717, 1.165) is 22.6 Å². The number of aromatic nitrogens is 2. The van der Waals surface area contributed by atoms with E-state index in [0.29, 0.717) is 6.54 Å². The zero-order chi connectivity index (χ0) is 14.0. The highest BCUT2D eigenvalue weighted by Crippen LogP contribution is 2.24. The lowest BCUT2D eigenvalue weighted by Crippen LogP contribution is -2.23. The van der Waals surface area contributed by atoms with Crippen LogP contribution in [0.25, 0.3) is 0 Å². The van der Waals surface area contributed by atoms with Crippen LogP contribution in [0.3, 0.4) is 0 Å². The molecule has 2 N–H and O–H groups in total. The molecule has 0 amide bonds. The van der Waals surface area contributed by atoms with Gasteiger partial charge in [-0.1, -0.05) is 0 Å². The summed E-state index contributed by atoms with van der Waals surface area (Å²) in [7, 11) is 1.63. The van der Waals surface area contributed by atoms with Gasteiger partial charge in [0.05, 0.1) is 25.0 Å². The highest BCUT2D eigenvalue weighted by atomic mass is 16.5. The molecule has 2 aromatic heterocycles. The van der Waals surface area contributed by atoms with Crippen molar-refractivity contribution in [2.24, 2.45) is 0 Å². The number of pyridine rings is 2. The number of hydrogen-bond acceptors (Lipinski definition) is 4. The molecule has 2 heterocycles. The van der Waals surface area contributed by atoms with E-state index >= 15 is 0 Å². The van der Waals surface area contributed by atoms with Crippen LogP contribution in [0.15, 0.2) is 29.3 Å². The molecule has 2 aromatic rings. The fourth-order valence-corrected chi connectivity index (χ4v) is 2.07. The molecule has 100 valence electrons. The maximum absolute atomic E-state index is 11.9. The van der Waals surface area contributed by atoms with Gasteiger partial charge in [0.2, 0.25) is 0 Å². The summed E-state index contributed by atoms with van der Waals surface area (Å²) < 4.78 is 6.90. The Bertz CT molecular complexity index is 662. The zero-order valence-corrected chi connectivity index (χ0v) is 11.3. The minimum atomic E-state index is -0.205. The molecule has 0 atom stereocenters. The number of ether oxygens (including phenoxy) is 1. The van der Waals surface area contributed by atoms with Gasteiger partial charge in [-0.05, 0) is 26.0 Å². The zero-order valence-electron chi connectivity index (χ0n) is 11.3. The van der Waals surface area contributed by atoms with Gasteiger partial charge in [0.15, 0.2) is 0 Å². The van der Waals surface area contributed by atoms with E-state index in [1.165, 1.54) is 0 Å². The molecule has 0 saturated carbocycles. The Morgan fingerprint density at radius 1 is 1.42 bits per heavy atom. The quantitative estimate of drug-likeness (QED) is 0.906. The first-order valence-corrected chi connectivity index (χ1v) is 5.98. The summed E-state index contributed by atoms with van der Waals surface area (Å²) in [4.78, 5) is 16.3. The molecule has 0 spiro atoms. The van der Waals surface area contributed by atoms with Gasteiger partial charge in [-0.2, -0.15) is 0 Å². The summed E-state index contributed by atoms with van der Waals surface area (Å²) in [6, 6.07) is 3.34. The molecule has 0 saturated heterocycles. The summed E-state index contributed by atoms with van der Waals surface area (Å²) >= 11 is 0. The molecule has 0 bridgehead atoms. The number of methoxy groups -OCH3 is 1. The Labute approximate surface area is 111 Å². The third-order valence-corrected chi connectivity index (χ3v) is 3.12. The molecule has 2 rings (SSSR count). The lowest BCUT2D eigenvalue weighted by molar-refractivity contribution is 0.406. The van der Waals surface area contributed by atoms with Gasteiger partial charge in [-0.3, -0.25) is 9.78 Å². The topological polar surface area (TPSA) is 70.1 Å². The second kappa shape index (κ2) is 5.14. The van der Waals surface area contributed by atoms with Gasteiger partial charge < -0.3 is 15.0 Å². The van der Waals surface area contributed by atoms with Crippen molar-refractivity contribution >= 4 is 5.69 Å². The van der Waals surface area contributed by atoms with E-state index in [-0.39, 0.29) is 11.2 Å². The lowest BCUT2D eigenvalue weighted by Gasteiger charge is -2.13. The summed E-state index contributed by atoms with van der Waals surface area (Å²) in [6.07, 6.45) is 3.45. The molecule has 0 aliphatic rings. The molecule has 0 aliphatic heterocycles. The molecule has 5 nitrogen and oxygen atoms in total. The van der Waals surface area contributed by atoms with Crippen LogP contribution >= 0.6 is 0 Å². The van der Waals surface area contributed by atoms with Gasteiger partial charge in [0, 0.05) is 23.5 Å². The summed E-state index contributed by atoms with van der Waals surface area (Å²) in [5.74, 6) is 0.807. The van der Waals surface area contributed by atoms with Crippen molar-refractivity contribution in [1.29, 1.82) is 0 Å². The predicted octanol–water partition coefficient (Wildman–Crippen LogP) is 1.50. The number of aryl methyl sites for hydroxylation is 1. The standard InChI is InChI=1S/C14H17N3O2/c1-9-7-16-12(10(2)13(9)19-3)8-17-6-4-5-11(15)14(17)18/h4-7H,8,15H2,1-3H3. The smallest absolute Gasteiger partial charge is 0.274 e. The summed E-state index contributed by atoms with van der Waals surface area (Å²) in [5.41, 5.74) is 8.36. The van der Waals surface area contributed by atoms with Crippen molar-refractivity contribution in [3.63, 3.8) is 0 Å². The van der Waals surface area contributed by atoms with Gasteiger partial charge in [-0.25, -0.2) is 0 Å². The average molecular weight is 259 g/mol. The number of hydrogen-bond donors (Lipinski definition) is 1. The average Bonchev–Trinajstić information content (AvgIpc) is 2.39. The lowest BCUT2D eigenvalue weighted by atomic mass is 10.1. The minimum Gasteiger partial charge on any atom is -0.496 e. The van der Waals surface area contributed by atoms with Crippen LogP contribution in [0, 0.1) is 13.8 Å². The highest BCUT2D eigenvalue weighted by Gasteiger charge is 2.10. The Morgan fingerprint density at radius 2 is 2.16 bits per heavy atom. The van der Waals surface area contributed by atoms with Crippen molar-refractivity contribution in [1.82, 2.24) is 9.55 Å². The van der Waals surface area contributed by atoms with Crippen molar-refractivity contribution in [3.8, 4) is 5.75 Å². The van der Waals surface area contributed by atoms with Crippen molar-refractivity contribution in [3.05, 3.63) is 51.7 Å². The molecule has 0 unspecified atom stereocenters. The van der Waals surface area contributed by atoms with Gasteiger partial charge in [0.25, 0.3) is 5.56 Å². The number of nitrogen functional groups attached to an aromatic ring is 1. The SMILES string of the molecule is COc1c(C)cnc(Cn2cccc(N)c2=O)c1C. The summed E-state index contributed by atoms with van der Waals surface area (Å²) in [6.45, 7) is 4.26. The molecule has 0 aromatic carbocycles. The Balaban J connectivity index is 2.45. The highest BCUT2D eigenvalue weighted by molar-refractivity contribution is 5.41. The summed E-state index contributed by atoms with van der Waals surface area (Å²) in [5, 5.41) is 0. The number of anilines is 1. The predicted molar refractivity (Wildman–Crippen MR) is 74.5 cm³/mol. The fraction of sp³-hybridized carbons (Fsp3) is 0.286. The normalized spacial score (nSPS) is 10.5. The van der Waals surface area contributed by atoms with Gasteiger partial charge in [-0.15, -0.1) is 0 Å². The maximum Gasteiger partial charge on any atom is 0.274 e. The monoisotopic (exact) mass is 259 g/mol. The molecule has 0 fully saturated rings. The maximum atomic E-state index is 11.9. The van der Waals surface area contributed by atoms with Gasteiger partial charge >= 0.3 is 0 Å². The van der Waals surface area contributed by atoms with Crippen LogP contribution in [0.5, 0.6) is 5.75 Å². The number of rotatable bonds is 3. The van der Waals surface area contributed by atoms with E-state index in [2.05, 4.69) is 4.98 Å². The first-order chi connectivity index (χ1) is 9.04. The Kier molecular flexibility index (Phi) is 3.55. The Hall–Kier alpha value is -2.30. The van der Waals surface area contributed by atoms with E-state index in [1.807, 2.05) is 13.8 Å². The number of nitrogens with zero attached hydrogens (tertiary/aromatic N) is 2. The molecule has 0 radical (unpaired) electrons. The van der Waals surface area contributed by atoms with Crippen LogP contribution in [0.1, 0.15) is 16.8 Å². The number of nitrogens with two attached hydrogens (primary N) is 1. The van der Waals surface area contributed by atoms with E-state index in [4.69, 9.17) is 10.5 Å². The molecule has 0 aliphatic carbocycles. The first-order valence-electron chi connectivity index (χ1n) is 5.98. The van der Waals surface area contributed by atoms with E-state index < -0.39 is 0 Å². The van der Waals surface area contributed by atoms with E-state index in [9.17, 15) is 4.79 Å². The van der Waals surface area contributed by atoms with Gasteiger partial charge in [0.1, 0.15) is 5.75 Å². The van der Waals surface area contributed by atoms with Crippen LogP contribution < -0.4 is 16.0 Å². The Morgan fingerprint density at radius 3 is 2.84 bits per heavy atom. The van der Waals surface area contributed by atoms with Crippen molar-refractivity contribution < 1.29 is 4.74 Å². The third-order valence-electron chi connectivity index (χ3n) is 3.12. The second-order valence-electron chi connectivity index (χ2n) is 4.44. The van der Waals surface area contributed by atoms with Crippen LogP contribution in [-0.2, 0) is 6.54 Å². The van der Waals surface area contributed by atoms with Crippen LogP contribution in [0.2, 0.25) is 0 Å². The van der Waals surface area contributed by atoms with Crippen molar-refractivity contribution in [2.45, 2.75) is 20.4 Å². The molecule has 19 heavy (non-hydrogen) atoms. The minimum absolute atomic E-state index is 0.205. The largest absolute Gasteiger partial charge is 0.496 e. The first kappa shape index (κ1) is 13.1. The molecular formula is C14H17N3O2. The molecule has 5 heteroatoms. The third kappa shape index (κ3) is 2.45. The van der Waals surface area contributed by atoms with Crippen LogP contribution in [0.4, 0.5) is 5.69 Å². The second-order valence-corrected chi connectivity index (χ2v) is 4.44. The van der Waals surface area contributed by atoms with Crippen molar-refractivity contribution in [2.75, 3.05) is 12.8 Å². The van der Waals surface area contributed by atoms with Crippen LogP contribution in [-0.4, -0.2) is 16.7 Å². The van der Waals surface area contributed by atoms with E-state index in [1.54, 1.807) is 36.2 Å². The fourth-order valence-electron chi connectivity index (χ4n) is 2.07. The molecular weight excluding hydrogens is 242 g/mol.